The van der Waals surface area contributed by atoms with Gasteiger partial charge in [-0.05, 0) is 56.3 Å². The van der Waals surface area contributed by atoms with Gasteiger partial charge in [0.05, 0.1) is 16.7 Å². The summed E-state index contributed by atoms with van der Waals surface area (Å²) in [6, 6.07) is 27.1. The summed E-state index contributed by atoms with van der Waals surface area (Å²) in [4.78, 5) is 44.0. The van der Waals surface area contributed by atoms with E-state index in [0.29, 0.717) is 11.3 Å². The maximum atomic E-state index is 13.4. The molecule has 5 aromatic rings. The number of carbonyl (C=O) groups excluding carboxylic acids is 3. The second-order valence-electron chi connectivity index (χ2n) is 10.3. The Morgan fingerprint density at radius 2 is 1.25 bits per heavy atom. The molecule has 0 spiro atoms. The first-order valence-electron chi connectivity index (χ1n) is 14.0. The third-order valence-electron chi connectivity index (χ3n) is 7.18. The number of benzene rings is 3. The van der Waals surface area contributed by atoms with E-state index in [1.165, 1.54) is 0 Å². The number of rotatable bonds is 8. The predicted molar refractivity (Wildman–Crippen MR) is 156 cm³/mol. The fraction of sp³-hybridized carbons (Fsp3) is 0.212. The molecule has 1 fully saturated rings. The lowest BCUT2D eigenvalue weighted by Gasteiger charge is -2.24. The van der Waals surface area contributed by atoms with E-state index in [0.717, 1.165) is 11.4 Å². The van der Waals surface area contributed by atoms with Crippen LogP contribution >= 0.6 is 0 Å². The van der Waals surface area contributed by atoms with Crippen molar-refractivity contribution in [3.8, 4) is 0 Å². The van der Waals surface area contributed by atoms with Crippen molar-refractivity contribution < 1.29 is 33.3 Å². The van der Waals surface area contributed by atoms with Crippen LogP contribution in [0.15, 0.2) is 97.1 Å². The van der Waals surface area contributed by atoms with E-state index in [1.807, 2.05) is 19.9 Å². The van der Waals surface area contributed by atoms with Crippen molar-refractivity contribution in [3.63, 3.8) is 0 Å². The van der Waals surface area contributed by atoms with Crippen LogP contribution in [0.4, 0.5) is 0 Å². The molecule has 11 nitrogen and oxygen atoms in total. The highest BCUT2D eigenvalue weighted by atomic mass is 16.6. The standard InChI is InChI=1S/C33H28N4O7/c1-20-18-21(2)37-29(35-36-33(37)34-20)28-27(44-32(40)24-16-10-5-11-17-24)26(43-31(39)23-14-8-4-9-15-23)25(42-28)19-41-30(38)22-12-6-3-7-13-22/h3-18,25-28H,19H2,1-2H3/t25-,26-,27-,28-/m1/s1. The van der Waals surface area contributed by atoms with Gasteiger partial charge in [0.15, 0.2) is 24.1 Å². The average molecular weight is 593 g/mol. The Morgan fingerprint density at radius 1 is 0.727 bits per heavy atom. The number of aromatic nitrogens is 4. The van der Waals surface area contributed by atoms with E-state index in [2.05, 4.69) is 15.2 Å². The zero-order chi connectivity index (χ0) is 30.6. The zero-order valence-electron chi connectivity index (χ0n) is 23.9. The summed E-state index contributed by atoms with van der Waals surface area (Å²) in [7, 11) is 0. The third kappa shape index (κ3) is 5.90. The van der Waals surface area contributed by atoms with Crippen LogP contribution in [0.25, 0.3) is 5.78 Å². The molecular formula is C33H28N4O7. The highest BCUT2D eigenvalue weighted by molar-refractivity contribution is 5.91. The highest BCUT2D eigenvalue weighted by Gasteiger charge is 2.52. The van der Waals surface area contributed by atoms with Crippen molar-refractivity contribution in [3.05, 3.63) is 131 Å². The molecule has 44 heavy (non-hydrogen) atoms. The van der Waals surface area contributed by atoms with Crippen LogP contribution in [-0.2, 0) is 18.9 Å². The lowest BCUT2D eigenvalue weighted by Crippen LogP contribution is -2.41. The molecular weight excluding hydrogens is 564 g/mol. The van der Waals surface area contributed by atoms with Gasteiger partial charge in [-0.25, -0.2) is 19.4 Å². The summed E-state index contributed by atoms with van der Waals surface area (Å²) in [5.74, 6) is -1.31. The minimum atomic E-state index is -1.19. The topological polar surface area (TPSA) is 131 Å². The normalized spacial score (nSPS) is 19.4. The van der Waals surface area contributed by atoms with Crippen LogP contribution in [0.1, 0.15) is 54.4 Å². The van der Waals surface area contributed by atoms with Gasteiger partial charge in [0.1, 0.15) is 12.7 Å². The largest absolute Gasteiger partial charge is 0.459 e. The zero-order valence-corrected chi connectivity index (χ0v) is 23.9. The van der Waals surface area contributed by atoms with Crippen molar-refractivity contribution in [2.75, 3.05) is 6.61 Å². The molecule has 1 saturated heterocycles. The summed E-state index contributed by atoms with van der Waals surface area (Å²) in [5, 5.41) is 8.56. The minimum absolute atomic E-state index is 0.285. The third-order valence-corrected chi connectivity index (χ3v) is 7.18. The molecule has 6 rings (SSSR count). The summed E-state index contributed by atoms with van der Waals surface area (Å²) in [6.45, 7) is 3.40. The molecule has 0 aliphatic carbocycles. The second-order valence-corrected chi connectivity index (χ2v) is 10.3. The molecule has 11 heteroatoms. The van der Waals surface area contributed by atoms with Gasteiger partial charge in [0, 0.05) is 11.4 Å². The maximum absolute atomic E-state index is 13.4. The van der Waals surface area contributed by atoms with E-state index >= 15 is 0 Å². The van der Waals surface area contributed by atoms with Gasteiger partial charge in [0.25, 0.3) is 5.78 Å². The van der Waals surface area contributed by atoms with Crippen molar-refractivity contribution in [1.29, 1.82) is 0 Å². The van der Waals surface area contributed by atoms with Gasteiger partial charge >= 0.3 is 17.9 Å². The molecule has 3 aromatic carbocycles. The maximum Gasteiger partial charge on any atom is 0.338 e. The van der Waals surface area contributed by atoms with E-state index in [9.17, 15) is 14.4 Å². The van der Waals surface area contributed by atoms with Crippen LogP contribution in [0.3, 0.4) is 0 Å². The Labute approximate surface area is 252 Å². The summed E-state index contributed by atoms with van der Waals surface area (Å²) in [6.07, 6.45) is -4.46. The van der Waals surface area contributed by atoms with Crippen LogP contribution in [-0.4, -0.2) is 62.4 Å². The first-order valence-corrected chi connectivity index (χ1v) is 14.0. The summed E-state index contributed by atoms with van der Waals surface area (Å²) < 4.78 is 25.7. The fourth-order valence-electron chi connectivity index (χ4n) is 5.13. The van der Waals surface area contributed by atoms with Gasteiger partial charge in [-0.1, -0.05) is 54.6 Å². The first-order chi connectivity index (χ1) is 21.4. The van der Waals surface area contributed by atoms with E-state index < -0.39 is 42.3 Å². The van der Waals surface area contributed by atoms with Gasteiger partial charge in [-0.2, -0.15) is 0 Å². The highest BCUT2D eigenvalue weighted by Crippen LogP contribution is 2.38. The molecule has 0 N–H and O–H groups in total. The SMILES string of the molecule is Cc1cc(C)n2c([C@@H]3O[C@H](COC(=O)c4ccccc4)[C@@H](OC(=O)c4ccccc4)[C@H]3OC(=O)c3ccccc3)nnc2n1. The molecule has 3 heterocycles. The Kier molecular flexibility index (Phi) is 8.11. The van der Waals surface area contributed by atoms with Gasteiger partial charge in [-0.3, -0.25) is 4.40 Å². The van der Waals surface area contributed by atoms with E-state index in [-0.39, 0.29) is 23.6 Å². The van der Waals surface area contributed by atoms with Crippen LogP contribution in [0.5, 0.6) is 0 Å². The molecule has 0 unspecified atom stereocenters. The number of nitrogens with zero attached hydrogens (tertiary/aromatic N) is 4. The first kappa shape index (κ1) is 28.7. The molecule has 1 aliphatic heterocycles. The molecule has 0 radical (unpaired) electrons. The Bertz CT molecular complexity index is 1800. The molecule has 1 aliphatic rings. The van der Waals surface area contributed by atoms with Gasteiger partial charge in [-0.15, -0.1) is 10.2 Å². The minimum Gasteiger partial charge on any atom is -0.459 e. The molecule has 0 amide bonds. The molecule has 2 aromatic heterocycles. The van der Waals surface area contributed by atoms with Crippen molar-refractivity contribution in [2.24, 2.45) is 0 Å². The molecule has 0 bridgehead atoms. The smallest absolute Gasteiger partial charge is 0.338 e. The average Bonchev–Trinajstić information content (AvgIpc) is 3.62. The number of aryl methyl sites for hydroxylation is 2. The number of hydrogen-bond donors (Lipinski definition) is 0. The lowest BCUT2D eigenvalue weighted by atomic mass is 10.1. The van der Waals surface area contributed by atoms with Crippen molar-refractivity contribution in [2.45, 2.75) is 38.3 Å². The summed E-state index contributed by atoms with van der Waals surface area (Å²) in [5.41, 5.74) is 2.42. The predicted octanol–water partition coefficient (Wildman–Crippen LogP) is 4.49. The molecule has 0 saturated carbocycles. The molecule has 4 atom stereocenters. The Morgan fingerprint density at radius 3 is 1.82 bits per heavy atom. The quantitative estimate of drug-likeness (QED) is 0.188. The van der Waals surface area contributed by atoms with Crippen LogP contribution in [0, 0.1) is 13.8 Å². The van der Waals surface area contributed by atoms with E-state index in [1.54, 1.807) is 95.4 Å². The number of hydrogen-bond acceptors (Lipinski definition) is 10. The van der Waals surface area contributed by atoms with Crippen LogP contribution in [0.2, 0.25) is 0 Å². The van der Waals surface area contributed by atoms with E-state index in [4.69, 9.17) is 18.9 Å². The van der Waals surface area contributed by atoms with Crippen LogP contribution < -0.4 is 0 Å². The number of fused-ring (bicyclic) bond motifs is 1. The monoisotopic (exact) mass is 592 g/mol. The van der Waals surface area contributed by atoms with Gasteiger partial charge < -0.3 is 18.9 Å². The fourth-order valence-corrected chi connectivity index (χ4v) is 5.13. The lowest BCUT2D eigenvalue weighted by molar-refractivity contribution is -0.0455. The molecule has 222 valence electrons. The summed E-state index contributed by atoms with van der Waals surface area (Å²) >= 11 is 0. The Hall–Kier alpha value is -5.42. The van der Waals surface area contributed by atoms with Crippen molar-refractivity contribution >= 4 is 23.7 Å². The van der Waals surface area contributed by atoms with Crippen molar-refractivity contribution in [1.82, 2.24) is 19.6 Å². The number of carbonyl (C=O) groups is 3. The second kappa shape index (κ2) is 12.4. The number of ether oxygens (including phenoxy) is 4. The van der Waals surface area contributed by atoms with Gasteiger partial charge in [0.2, 0.25) is 0 Å². The Balaban J connectivity index is 1.39. The number of esters is 3.